The monoisotopic (exact) mass is 319 g/mol. The van der Waals surface area contributed by atoms with Gasteiger partial charge in [0.15, 0.2) is 0 Å². The molecule has 0 saturated heterocycles. The summed E-state index contributed by atoms with van der Waals surface area (Å²) in [6.45, 7) is 0.341. The van der Waals surface area contributed by atoms with Gasteiger partial charge in [-0.05, 0) is 37.1 Å². The fourth-order valence-corrected chi connectivity index (χ4v) is 3.18. The molecule has 1 aliphatic rings. The van der Waals surface area contributed by atoms with E-state index in [-0.39, 0.29) is 5.54 Å². The van der Waals surface area contributed by atoms with Crippen molar-refractivity contribution in [2.24, 2.45) is 5.73 Å². The van der Waals surface area contributed by atoms with E-state index in [4.69, 9.17) is 10.5 Å². The summed E-state index contributed by atoms with van der Waals surface area (Å²) in [6, 6.07) is 5.00. The third kappa shape index (κ3) is 3.91. The topological polar surface area (TPSA) is 69.4 Å². The molecule has 0 bridgehead atoms. The Morgan fingerprint density at radius 3 is 2.24 bits per heavy atom. The van der Waals surface area contributed by atoms with Crippen LogP contribution >= 0.6 is 0 Å². The van der Waals surface area contributed by atoms with Gasteiger partial charge in [-0.3, -0.25) is 0 Å². The first-order valence-corrected chi connectivity index (χ1v) is 8.42. The molecule has 1 fully saturated rings. The number of ether oxygens (including phenoxy) is 1. The lowest BCUT2D eigenvalue weighted by Gasteiger charge is -2.33. The Balaban J connectivity index is 2.00. The van der Waals surface area contributed by atoms with E-state index in [1.807, 2.05) is 0 Å². The molecule has 0 spiro atoms. The molecule has 7 heteroatoms. The lowest BCUT2D eigenvalue weighted by molar-refractivity contribution is 0.173. The van der Waals surface area contributed by atoms with Crippen LogP contribution in [0.2, 0.25) is 0 Å². The van der Waals surface area contributed by atoms with Crippen molar-refractivity contribution in [3.8, 4) is 5.75 Å². The van der Waals surface area contributed by atoms with Gasteiger partial charge in [0.2, 0.25) is 9.84 Å². The van der Waals surface area contributed by atoms with E-state index in [0.717, 1.165) is 37.8 Å². The zero-order chi connectivity index (χ0) is 15.5. The number of rotatable bonds is 5. The molecule has 21 heavy (non-hydrogen) atoms. The zero-order valence-electron chi connectivity index (χ0n) is 11.6. The molecule has 1 saturated carbocycles. The van der Waals surface area contributed by atoms with E-state index >= 15 is 0 Å². The third-order valence-electron chi connectivity index (χ3n) is 3.76. The van der Waals surface area contributed by atoms with Gasteiger partial charge in [0.1, 0.15) is 12.4 Å². The van der Waals surface area contributed by atoms with Gasteiger partial charge in [0.05, 0.1) is 10.4 Å². The van der Waals surface area contributed by atoms with Crippen molar-refractivity contribution in [3.05, 3.63) is 24.3 Å². The zero-order valence-corrected chi connectivity index (χ0v) is 12.4. The van der Waals surface area contributed by atoms with Crippen LogP contribution in [0, 0.1) is 0 Å². The van der Waals surface area contributed by atoms with E-state index < -0.39 is 20.5 Å². The normalized spacial score (nSPS) is 18.7. The van der Waals surface area contributed by atoms with Gasteiger partial charge >= 0.3 is 5.76 Å². The van der Waals surface area contributed by atoms with Crippen LogP contribution in [0.4, 0.5) is 8.78 Å². The molecule has 1 aromatic carbocycles. The van der Waals surface area contributed by atoms with Crippen molar-refractivity contribution in [1.29, 1.82) is 0 Å². The van der Waals surface area contributed by atoms with Gasteiger partial charge in [-0.15, -0.1) is 0 Å². The standard InChI is InChI=1S/C14H19F2NO3S/c15-13(16)21(18,19)12-6-4-11(5-7-12)20-10-14(17)8-2-1-3-9-14/h4-7,13H,1-3,8-10,17H2. The van der Waals surface area contributed by atoms with E-state index in [0.29, 0.717) is 12.4 Å². The van der Waals surface area contributed by atoms with Crippen LogP contribution in [0.1, 0.15) is 32.1 Å². The highest BCUT2D eigenvalue weighted by atomic mass is 32.2. The lowest BCUT2D eigenvalue weighted by atomic mass is 9.83. The minimum Gasteiger partial charge on any atom is -0.492 e. The lowest BCUT2D eigenvalue weighted by Crippen LogP contribution is -2.47. The molecule has 0 aromatic heterocycles. The highest BCUT2D eigenvalue weighted by Crippen LogP contribution is 2.27. The summed E-state index contributed by atoms with van der Waals surface area (Å²) in [5.74, 6) is -2.99. The summed E-state index contributed by atoms with van der Waals surface area (Å²) in [5, 5.41) is 0. The molecule has 0 aliphatic heterocycles. The Morgan fingerprint density at radius 1 is 1.14 bits per heavy atom. The molecule has 1 aliphatic carbocycles. The van der Waals surface area contributed by atoms with Crippen LogP contribution in [0.5, 0.6) is 5.75 Å². The Labute approximate surface area is 123 Å². The van der Waals surface area contributed by atoms with E-state index in [2.05, 4.69) is 0 Å². The molecule has 0 radical (unpaired) electrons. The van der Waals surface area contributed by atoms with Crippen molar-refractivity contribution >= 4 is 9.84 Å². The molecule has 0 atom stereocenters. The Hall–Kier alpha value is -1.21. The predicted molar refractivity (Wildman–Crippen MR) is 75.1 cm³/mol. The van der Waals surface area contributed by atoms with Crippen LogP contribution < -0.4 is 10.5 Å². The molecular formula is C14H19F2NO3S. The smallest absolute Gasteiger partial charge is 0.341 e. The Bertz CT molecular complexity index is 566. The number of hydrogen-bond acceptors (Lipinski definition) is 4. The molecule has 118 valence electrons. The molecule has 0 amide bonds. The number of halogens is 2. The largest absolute Gasteiger partial charge is 0.492 e. The van der Waals surface area contributed by atoms with Gasteiger partial charge in [0.25, 0.3) is 0 Å². The van der Waals surface area contributed by atoms with Gasteiger partial charge in [-0.25, -0.2) is 8.42 Å². The molecule has 0 unspecified atom stereocenters. The molecular weight excluding hydrogens is 300 g/mol. The fraction of sp³-hybridized carbons (Fsp3) is 0.571. The van der Waals surface area contributed by atoms with Gasteiger partial charge in [0, 0.05) is 0 Å². The summed E-state index contributed by atoms with van der Waals surface area (Å²) in [5.41, 5.74) is 5.87. The summed E-state index contributed by atoms with van der Waals surface area (Å²) in [7, 11) is -4.55. The van der Waals surface area contributed by atoms with Crippen molar-refractivity contribution in [3.63, 3.8) is 0 Å². The second-order valence-electron chi connectivity index (χ2n) is 5.49. The second-order valence-corrected chi connectivity index (χ2v) is 7.41. The molecule has 4 nitrogen and oxygen atoms in total. The first-order chi connectivity index (χ1) is 9.83. The first kappa shape index (κ1) is 16.2. The minimum atomic E-state index is -4.55. The highest BCUT2D eigenvalue weighted by Gasteiger charge is 2.29. The Kier molecular flexibility index (Phi) is 4.83. The molecule has 0 heterocycles. The summed E-state index contributed by atoms with van der Waals surface area (Å²) >= 11 is 0. The summed E-state index contributed by atoms with van der Waals surface area (Å²) < 4.78 is 53.0. The fourth-order valence-electron chi connectivity index (χ4n) is 2.46. The van der Waals surface area contributed by atoms with E-state index in [9.17, 15) is 17.2 Å². The van der Waals surface area contributed by atoms with Crippen LogP contribution in [0.3, 0.4) is 0 Å². The maximum atomic E-state index is 12.4. The van der Waals surface area contributed by atoms with Crippen LogP contribution in [-0.2, 0) is 9.84 Å². The molecule has 2 N–H and O–H groups in total. The van der Waals surface area contributed by atoms with Crippen molar-refractivity contribution in [2.75, 3.05) is 6.61 Å². The number of alkyl halides is 2. The quantitative estimate of drug-likeness (QED) is 0.906. The van der Waals surface area contributed by atoms with Crippen molar-refractivity contribution in [2.45, 2.75) is 48.3 Å². The highest BCUT2D eigenvalue weighted by molar-refractivity contribution is 7.91. The molecule has 2 rings (SSSR count). The van der Waals surface area contributed by atoms with Crippen LogP contribution in [0.15, 0.2) is 29.2 Å². The van der Waals surface area contributed by atoms with Gasteiger partial charge in [-0.1, -0.05) is 19.3 Å². The Morgan fingerprint density at radius 2 is 1.71 bits per heavy atom. The van der Waals surface area contributed by atoms with E-state index in [1.54, 1.807) is 0 Å². The average Bonchev–Trinajstić information content (AvgIpc) is 2.46. The van der Waals surface area contributed by atoms with Crippen LogP contribution in [0.25, 0.3) is 0 Å². The number of sulfone groups is 1. The number of benzene rings is 1. The third-order valence-corrected chi connectivity index (χ3v) is 5.16. The summed E-state index contributed by atoms with van der Waals surface area (Å²) in [6.07, 6.45) is 5.12. The number of nitrogens with two attached hydrogens (primary N) is 1. The maximum absolute atomic E-state index is 12.4. The minimum absolute atomic E-state index is 0.341. The SMILES string of the molecule is NC1(COc2ccc(S(=O)(=O)C(F)F)cc2)CCCCC1. The van der Waals surface area contributed by atoms with Crippen LogP contribution in [-0.4, -0.2) is 26.3 Å². The van der Waals surface area contributed by atoms with Gasteiger partial charge < -0.3 is 10.5 Å². The maximum Gasteiger partial charge on any atom is 0.341 e. The van der Waals surface area contributed by atoms with Gasteiger partial charge in [-0.2, -0.15) is 8.78 Å². The molecule has 1 aromatic rings. The second kappa shape index (κ2) is 6.27. The van der Waals surface area contributed by atoms with Crippen molar-refractivity contribution in [1.82, 2.24) is 0 Å². The van der Waals surface area contributed by atoms with E-state index in [1.165, 1.54) is 18.6 Å². The average molecular weight is 319 g/mol. The first-order valence-electron chi connectivity index (χ1n) is 6.87. The number of hydrogen-bond donors (Lipinski definition) is 1. The van der Waals surface area contributed by atoms with Crippen molar-refractivity contribution < 1.29 is 21.9 Å². The summed E-state index contributed by atoms with van der Waals surface area (Å²) in [4.78, 5) is -0.412. The predicted octanol–water partition coefficient (Wildman–Crippen LogP) is 2.72.